The van der Waals surface area contributed by atoms with Gasteiger partial charge in [-0.05, 0) is 38.9 Å². The van der Waals surface area contributed by atoms with Crippen LogP contribution in [0.25, 0.3) is 0 Å². The number of amides is 2. The average molecular weight is 355 g/mol. The number of nitrogens with two attached hydrogens (primary N) is 1. The lowest BCUT2D eigenvalue weighted by Gasteiger charge is -2.35. The van der Waals surface area contributed by atoms with Crippen LogP contribution in [0.5, 0.6) is 0 Å². The van der Waals surface area contributed by atoms with Crippen LogP contribution in [-0.4, -0.2) is 78.9 Å². The van der Waals surface area contributed by atoms with Crippen molar-refractivity contribution in [3.05, 3.63) is 0 Å². The first-order valence-corrected chi connectivity index (χ1v) is 7.68. The molecule has 22 heavy (non-hydrogen) atoms. The summed E-state index contributed by atoms with van der Waals surface area (Å²) >= 11 is 0. The van der Waals surface area contributed by atoms with Crippen LogP contribution in [0.4, 0.5) is 0 Å². The Hall–Kier alpha value is -0.560. The number of carbonyl (C=O) groups excluding carboxylic acids is 2. The van der Waals surface area contributed by atoms with Crippen LogP contribution in [0.2, 0.25) is 0 Å². The maximum Gasteiger partial charge on any atom is 0.236 e. The van der Waals surface area contributed by atoms with E-state index in [-0.39, 0.29) is 36.6 Å². The van der Waals surface area contributed by atoms with E-state index in [9.17, 15) is 9.59 Å². The quantitative estimate of drug-likeness (QED) is 0.772. The molecule has 0 aromatic carbocycles. The van der Waals surface area contributed by atoms with Gasteiger partial charge in [0.05, 0.1) is 6.54 Å². The molecular weight excluding hydrogens is 327 g/mol. The molecule has 8 heteroatoms. The highest BCUT2D eigenvalue weighted by Gasteiger charge is 2.25. The number of nitrogens with zero attached hydrogens (tertiary/aromatic N) is 3. The molecule has 2 aliphatic heterocycles. The normalized spacial score (nSPS) is 18.6. The van der Waals surface area contributed by atoms with E-state index in [1.165, 1.54) is 12.8 Å². The Morgan fingerprint density at radius 3 is 1.82 bits per heavy atom. The second-order valence-electron chi connectivity index (χ2n) is 5.64. The SMILES string of the molecule is Cl.Cl.NCCCC(=O)N1CCN(C(=O)CN2CCCC2)CC1. The third-order valence-corrected chi connectivity index (χ3v) is 4.14. The molecule has 2 N–H and O–H groups in total. The van der Waals surface area contributed by atoms with Gasteiger partial charge in [-0.25, -0.2) is 0 Å². The van der Waals surface area contributed by atoms with Gasteiger partial charge in [0.2, 0.25) is 11.8 Å². The van der Waals surface area contributed by atoms with E-state index in [4.69, 9.17) is 5.73 Å². The molecule has 2 heterocycles. The number of likely N-dealkylation sites (tertiary alicyclic amines) is 1. The summed E-state index contributed by atoms with van der Waals surface area (Å²) in [6, 6.07) is 0. The molecule has 2 aliphatic rings. The van der Waals surface area contributed by atoms with Crippen molar-refractivity contribution in [2.45, 2.75) is 25.7 Å². The number of halogens is 2. The zero-order valence-electron chi connectivity index (χ0n) is 13.0. The monoisotopic (exact) mass is 354 g/mol. The fourth-order valence-electron chi connectivity index (χ4n) is 2.85. The van der Waals surface area contributed by atoms with Gasteiger partial charge in [0.15, 0.2) is 0 Å². The fourth-order valence-corrected chi connectivity index (χ4v) is 2.85. The number of hydrogen-bond donors (Lipinski definition) is 1. The van der Waals surface area contributed by atoms with Crippen molar-refractivity contribution in [2.24, 2.45) is 5.73 Å². The Kier molecular flexibility index (Phi) is 10.8. The van der Waals surface area contributed by atoms with Gasteiger partial charge < -0.3 is 15.5 Å². The minimum atomic E-state index is 0. The number of carbonyl (C=O) groups is 2. The van der Waals surface area contributed by atoms with Gasteiger partial charge in [-0.1, -0.05) is 0 Å². The van der Waals surface area contributed by atoms with Gasteiger partial charge in [0.25, 0.3) is 0 Å². The fraction of sp³-hybridized carbons (Fsp3) is 0.857. The molecule has 0 atom stereocenters. The number of piperazine rings is 1. The first-order chi connectivity index (χ1) is 9.70. The van der Waals surface area contributed by atoms with Crippen molar-refractivity contribution in [3.8, 4) is 0 Å². The van der Waals surface area contributed by atoms with Crippen LogP contribution in [0.1, 0.15) is 25.7 Å². The summed E-state index contributed by atoms with van der Waals surface area (Å²) in [4.78, 5) is 30.0. The molecule has 6 nitrogen and oxygen atoms in total. The lowest BCUT2D eigenvalue weighted by atomic mass is 10.2. The number of hydrogen-bond acceptors (Lipinski definition) is 4. The molecular formula is C14H28Cl2N4O2. The molecule has 0 aromatic rings. The van der Waals surface area contributed by atoms with Gasteiger partial charge in [-0.3, -0.25) is 14.5 Å². The molecule has 0 aromatic heterocycles. The molecule has 0 aliphatic carbocycles. The van der Waals surface area contributed by atoms with E-state index < -0.39 is 0 Å². The Morgan fingerprint density at radius 2 is 1.32 bits per heavy atom. The Bertz CT molecular complexity index is 344. The highest BCUT2D eigenvalue weighted by molar-refractivity contribution is 5.85. The molecule has 130 valence electrons. The van der Waals surface area contributed by atoms with E-state index in [0.29, 0.717) is 45.7 Å². The van der Waals surface area contributed by atoms with E-state index in [2.05, 4.69) is 4.90 Å². The van der Waals surface area contributed by atoms with Gasteiger partial charge in [-0.15, -0.1) is 24.8 Å². The molecule has 0 spiro atoms. The van der Waals surface area contributed by atoms with Crippen molar-refractivity contribution >= 4 is 36.6 Å². The van der Waals surface area contributed by atoms with Crippen LogP contribution < -0.4 is 5.73 Å². The molecule has 2 amide bonds. The first-order valence-electron chi connectivity index (χ1n) is 7.68. The van der Waals surface area contributed by atoms with E-state index in [0.717, 1.165) is 19.5 Å². The second kappa shape index (κ2) is 11.0. The average Bonchev–Trinajstić information content (AvgIpc) is 2.97. The summed E-state index contributed by atoms with van der Waals surface area (Å²) in [6.07, 6.45) is 3.68. The van der Waals surface area contributed by atoms with E-state index >= 15 is 0 Å². The van der Waals surface area contributed by atoms with Crippen molar-refractivity contribution in [3.63, 3.8) is 0 Å². The zero-order valence-corrected chi connectivity index (χ0v) is 14.7. The van der Waals surface area contributed by atoms with Crippen molar-refractivity contribution in [2.75, 3.05) is 52.4 Å². The Labute approximate surface area is 145 Å². The molecule has 0 bridgehead atoms. The van der Waals surface area contributed by atoms with Crippen LogP contribution in [0, 0.1) is 0 Å². The van der Waals surface area contributed by atoms with Gasteiger partial charge >= 0.3 is 0 Å². The molecule has 0 radical (unpaired) electrons. The summed E-state index contributed by atoms with van der Waals surface area (Å²) in [5, 5.41) is 0. The van der Waals surface area contributed by atoms with Crippen LogP contribution in [0.3, 0.4) is 0 Å². The van der Waals surface area contributed by atoms with Crippen LogP contribution >= 0.6 is 24.8 Å². The lowest BCUT2D eigenvalue weighted by Crippen LogP contribution is -2.52. The second-order valence-corrected chi connectivity index (χ2v) is 5.64. The first kappa shape index (κ1) is 21.4. The largest absolute Gasteiger partial charge is 0.339 e. The van der Waals surface area contributed by atoms with Gasteiger partial charge in [-0.2, -0.15) is 0 Å². The standard InChI is InChI=1S/C14H26N4O2.2ClH/c15-5-3-4-13(19)17-8-10-18(11-9-17)14(20)12-16-6-1-2-7-16;;/h1-12,15H2;2*1H. The highest BCUT2D eigenvalue weighted by Crippen LogP contribution is 2.09. The maximum absolute atomic E-state index is 12.2. The smallest absolute Gasteiger partial charge is 0.236 e. The van der Waals surface area contributed by atoms with Gasteiger partial charge in [0, 0.05) is 32.6 Å². The predicted octanol–water partition coefficient (Wildman–Crippen LogP) is 0.336. The predicted molar refractivity (Wildman–Crippen MR) is 91.6 cm³/mol. The summed E-state index contributed by atoms with van der Waals surface area (Å²) in [5.74, 6) is 0.378. The zero-order chi connectivity index (χ0) is 14.4. The minimum absolute atomic E-state index is 0. The number of rotatable bonds is 5. The van der Waals surface area contributed by atoms with Gasteiger partial charge in [0.1, 0.15) is 0 Å². The summed E-state index contributed by atoms with van der Waals surface area (Å²) in [7, 11) is 0. The van der Waals surface area contributed by atoms with E-state index in [1.807, 2.05) is 9.80 Å². The lowest BCUT2D eigenvalue weighted by molar-refractivity contribution is -0.140. The molecule has 0 unspecified atom stereocenters. The van der Waals surface area contributed by atoms with Crippen LogP contribution in [-0.2, 0) is 9.59 Å². The summed E-state index contributed by atoms with van der Waals surface area (Å²) in [6.45, 7) is 5.85. The van der Waals surface area contributed by atoms with Crippen LogP contribution in [0.15, 0.2) is 0 Å². The minimum Gasteiger partial charge on any atom is -0.339 e. The topological polar surface area (TPSA) is 69.9 Å². The highest BCUT2D eigenvalue weighted by atomic mass is 35.5. The maximum atomic E-state index is 12.2. The van der Waals surface area contributed by atoms with Crippen molar-refractivity contribution in [1.29, 1.82) is 0 Å². The molecule has 2 fully saturated rings. The molecule has 0 saturated carbocycles. The Balaban J connectivity index is 0.00000220. The summed E-state index contributed by atoms with van der Waals surface area (Å²) < 4.78 is 0. The summed E-state index contributed by atoms with van der Waals surface area (Å²) in [5.41, 5.74) is 5.42. The third-order valence-electron chi connectivity index (χ3n) is 4.14. The molecule has 2 rings (SSSR count). The van der Waals surface area contributed by atoms with Crippen molar-refractivity contribution < 1.29 is 9.59 Å². The molecule has 2 saturated heterocycles. The Morgan fingerprint density at radius 1 is 0.818 bits per heavy atom. The van der Waals surface area contributed by atoms with E-state index in [1.54, 1.807) is 0 Å². The van der Waals surface area contributed by atoms with Crippen molar-refractivity contribution in [1.82, 2.24) is 14.7 Å². The third kappa shape index (κ3) is 6.28.